The lowest BCUT2D eigenvalue weighted by Gasteiger charge is -2.28. The van der Waals surface area contributed by atoms with E-state index in [9.17, 15) is 4.79 Å². The molecule has 0 saturated carbocycles. The van der Waals surface area contributed by atoms with Crippen molar-refractivity contribution in [3.05, 3.63) is 23.8 Å². The second kappa shape index (κ2) is 5.35. The molecule has 98 valence electrons. The van der Waals surface area contributed by atoms with Gasteiger partial charge in [-0.1, -0.05) is 12.1 Å². The summed E-state index contributed by atoms with van der Waals surface area (Å²) in [4.78, 5) is 11.2. The van der Waals surface area contributed by atoms with Crippen molar-refractivity contribution < 1.29 is 19.0 Å². The third kappa shape index (κ3) is 2.31. The number of amides is 1. The number of halogens is 1. The van der Waals surface area contributed by atoms with Crippen LogP contribution in [0.1, 0.15) is 18.0 Å². The SMILES string of the molecule is Cl.O=C1N[C@H](c2cccc3c2OCCO3)CCO1. The molecule has 18 heavy (non-hydrogen) atoms. The Labute approximate surface area is 111 Å². The molecular weight excluding hydrogens is 258 g/mol. The Morgan fingerprint density at radius 1 is 1.11 bits per heavy atom. The Bertz CT molecular complexity index is 452. The first-order chi connectivity index (χ1) is 8.34. The standard InChI is InChI=1S/C12H13NO4.ClH/c14-12-13-9(4-5-17-12)8-2-1-3-10-11(8)16-7-6-15-10;/h1-3,9H,4-7H2,(H,13,14);1H/t9-;/m0./s1. The fraction of sp³-hybridized carbons (Fsp3) is 0.417. The number of rotatable bonds is 1. The van der Waals surface area contributed by atoms with Crippen LogP contribution in [0.25, 0.3) is 0 Å². The molecule has 1 atom stereocenters. The van der Waals surface area contributed by atoms with Gasteiger partial charge < -0.3 is 19.5 Å². The molecule has 0 radical (unpaired) electrons. The molecule has 0 aromatic heterocycles. The van der Waals surface area contributed by atoms with E-state index in [1.807, 2.05) is 18.2 Å². The third-order valence-electron chi connectivity index (χ3n) is 2.90. The number of hydrogen-bond acceptors (Lipinski definition) is 4. The topological polar surface area (TPSA) is 56.8 Å². The first-order valence-corrected chi connectivity index (χ1v) is 5.66. The number of benzene rings is 1. The number of ether oxygens (including phenoxy) is 3. The van der Waals surface area contributed by atoms with Crippen LogP contribution < -0.4 is 14.8 Å². The zero-order valence-electron chi connectivity index (χ0n) is 9.68. The normalized spacial score (nSPS) is 21.3. The van der Waals surface area contributed by atoms with E-state index in [0.717, 1.165) is 23.5 Å². The van der Waals surface area contributed by atoms with Crippen molar-refractivity contribution in [3.63, 3.8) is 0 Å². The fourth-order valence-electron chi connectivity index (χ4n) is 2.13. The molecule has 0 unspecified atom stereocenters. The van der Waals surface area contributed by atoms with Crippen molar-refractivity contribution in [2.24, 2.45) is 0 Å². The molecule has 0 aliphatic carbocycles. The van der Waals surface area contributed by atoms with Crippen molar-refractivity contribution in [1.29, 1.82) is 0 Å². The van der Waals surface area contributed by atoms with Crippen LogP contribution in [0.4, 0.5) is 4.79 Å². The maximum atomic E-state index is 11.2. The number of nitrogens with one attached hydrogen (secondary N) is 1. The molecule has 0 bridgehead atoms. The van der Waals surface area contributed by atoms with Crippen molar-refractivity contribution in [2.45, 2.75) is 12.5 Å². The summed E-state index contributed by atoms with van der Waals surface area (Å²) in [7, 11) is 0. The molecule has 1 aromatic rings. The highest BCUT2D eigenvalue weighted by Gasteiger charge is 2.26. The molecule has 5 nitrogen and oxygen atoms in total. The summed E-state index contributed by atoms with van der Waals surface area (Å²) < 4.78 is 16.0. The molecule has 1 saturated heterocycles. The van der Waals surface area contributed by atoms with Gasteiger partial charge in [0.2, 0.25) is 0 Å². The largest absolute Gasteiger partial charge is 0.486 e. The second-order valence-corrected chi connectivity index (χ2v) is 3.99. The highest BCUT2D eigenvalue weighted by atomic mass is 35.5. The Balaban J connectivity index is 0.00000120. The van der Waals surface area contributed by atoms with Gasteiger partial charge in [0.1, 0.15) is 13.2 Å². The van der Waals surface area contributed by atoms with Gasteiger partial charge in [-0.3, -0.25) is 0 Å². The van der Waals surface area contributed by atoms with E-state index in [4.69, 9.17) is 14.2 Å². The molecule has 1 amide bonds. The summed E-state index contributed by atoms with van der Waals surface area (Å²) in [5.41, 5.74) is 0.957. The highest BCUT2D eigenvalue weighted by Crippen LogP contribution is 2.38. The molecule has 6 heteroatoms. The van der Waals surface area contributed by atoms with Crippen LogP contribution in [0.5, 0.6) is 11.5 Å². The van der Waals surface area contributed by atoms with Gasteiger partial charge in [-0.15, -0.1) is 12.4 Å². The number of alkyl carbamates (subject to hydrolysis) is 1. The number of carbonyl (C=O) groups is 1. The van der Waals surface area contributed by atoms with Gasteiger partial charge in [0.25, 0.3) is 0 Å². The lowest BCUT2D eigenvalue weighted by atomic mass is 10.0. The molecule has 1 fully saturated rings. The lowest BCUT2D eigenvalue weighted by molar-refractivity contribution is 0.113. The van der Waals surface area contributed by atoms with E-state index < -0.39 is 0 Å². The van der Waals surface area contributed by atoms with E-state index in [1.165, 1.54) is 0 Å². The predicted molar refractivity (Wildman–Crippen MR) is 66.5 cm³/mol. The summed E-state index contributed by atoms with van der Waals surface area (Å²) in [6, 6.07) is 5.67. The molecule has 1 N–H and O–H groups in total. The number of hydrogen-bond donors (Lipinski definition) is 1. The van der Waals surface area contributed by atoms with Gasteiger partial charge in [-0.05, 0) is 6.07 Å². The molecule has 2 aliphatic heterocycles. The van der Waals surface area contributed by atoms with Crippen molar-refractivity contribution in [1.82, 2.24) is 5.32 Å². The second-order valence-electron chi connectivity index (χ2n) is 3.99. The van der Waals surface area contributed by atoms with E-state index >= 15 is 0 Å². The average molecular weight is 272 g/mol. The van der Waals surface area contributed by atoms with Crippen LogP contribution in [0.2, 0.25) is 0 Å². The lowest BCUT2D eigenvalue weighted by Crippen LogP contribution is -2.35. The summed E-state index contributed by atoms with van der Waals surface area (Å²) in [5.74, 6) is 1.49. The minimum atomic E-state index is -0.379. The van der Waals surface area contributed by atoms with Crippen LogP contribution in [0, 0.1) is 0 Å². The minimum absolute atomic E-state index is 0. The van der Waals surface area contributed by atoms with Gasteiger partial charge in [0, 0.05) is 12.0 Å². The Morgan fingerprint density at radius 2 is 1.94 bits per heavy atom. The van der Waals surface area contributed by atoms with Crippen molar-refractivity contribution in [2.75, 3.05) is 19.8 Å². The number of carbonyl (C=O) groups excluding carboxylic acids is 1. The monoisotopic (exact) mass is 271 g/mol. The van der Waals surface area contributed by atoms with Crippen LogP contribution in [-0.2, 0) is 4.74 Å². The van der Waals surface area contributed by atoms with Crippen LogP contribution >= 0.6 is 12.4 Å². The van der Waals surface area contributed by atoms with Crippen LogP contribution in [0.15, 0.2) is 18.2 Å². The summed E-state index contributed by atoms with van der Waals surface area (Å²) in [6.07, 6.45) is 0.363. The Kier molecular flexibility index (Phi) is 3.81. The van der Waals surface area contributed by atoms with Gasteiger partial charge >= 0.3 is 6.09 Å². The molecule has 3 rings (SSSR count). The molecule has 0 spiro atoms. The maximum Gasteiger partial charge on any atom is 0.407 e. The van der Waals surface area contributed by atoms with E-state index in [2.05, 4.69) is 5.32 Å². The highest BCUT2D eigenvalue weighted by molar-refractivity contribution is 5.85. The summed E-state index contributed by atoms with van der Waals surface area (Å²) >= 11 is 0. The first-order valence-electron chi connectivity index (χ1n) is 5.66. The average Bonchev–Trinajstić information content (AvgIpc) is 2.38. The number of fused-ring (bicyclic) bond motifs is 1. The summed E-state index contributed by atoms with van der Waals surface area (Å²) in [5, 5.41) is 2.79. The first kappa shape index (κ1) is 12.8. The van der Waals surface area contributed by atoms with Gasteiger partial charge in [-0.2, -0.15) is 0 Å². The minimum Gasteiger partial charge on any atom is -0.486 e. The maximum absolute atomic E-state index is 11.2. The van der Waals surface area contributed by atoms with Crippen LogP contribution in [0.3, 0.4) is 0 Å². The molecule has 1 aromatic carbocycles. The van der Waals surface area contributed by atoms with Gasteiger partial charge in [0.05, 0.1) is 12.6 Å². The number of cyclic esters (lactones) is 1. The van der Waals surface area contributed by atoms with Crippen molar-refractivity contribution in [3.8, 4) is 11.5 Å². The van der Waals surface area contributed by atoms with Crippen molar-refractivity contribution >= 4 is 18.5 Å². The third-order valence-corrected chi connectivity index (χ3v) is 2.90. The van der Waals surface area contributed by atoms with E-state index in [0.29, 0.717) is 19.8 Å². The van der Waals surface area contributed by atoms with E-state index in [-0.39, 0.29) is 24.5 Å². The fourth-order valence-corrected chi connectivity index (χ4v) is 2.13. The smallest absolute Gasteiger partial charge is 0.407 e. The van der Waals surface area contributed by atoms with Crippen LogP contribution in [-0.4, -0.2) is 25.9 Å². The van der Waals surface area contributed by atoms with Gasteiger partial charge in [0.15, 0.2) is 11.5 Å². The van der Waals surface area contributed by atoms with E-state index in [1.54, 1.807) is 0 Å². The Hall–Kier alpha value is -1.62. The van der Waals surface area contributed by atoms with Gasteiger partial charge in [-0.25, -0.2) is 4.79 Å². The zero-order chi connectivity index (χ0) is 11.7. The Morgan fingerprint density at radius 3 is 2.78 bits per heavy atom. The quantitative estimate of drug-likeness (QED) is 0.849. The predicted octanol–water partition coefficient (Wildman–Crippen LogP) is 2.05. The molecular formula is C12H14ClNO4. The summed E-state index contributed by atoms with van der Waals surface area (Å²) in [6.45, 7) is 1.54. The number of para-hydroxylation sites is 1. The molecule has 2 aliphatic rings. The molecule has 2 heterocycles. The zero-order valence-corrected chi connectivity index (χ0v) is 10.5.